The summed E-state index contributed by atoms with van der Waals surface area (Å²) in [6.45, 7) is 0. The largest absolute Gasteiger partial charge is 0.370 e. The lowest BCUT2D eigenvalue weighted by Gasteiger charge is -1.83. The topological polar surface area (TPSA) is 98.3 Å². The Hall–Kier alpha value is -1.33. The molecule has 0 aromatic carbocycles. The molecular weight excluding hydrogens is 114 g/mol. The summed E-state index contributed by atoms with van der Waals surface area (Å²) in [6, 6.07) is -1.16. The van der Waals surface area contributed by atoms with E-state index in [1.807, 2.05) is 0 Å². The Morgan fingerprint density at radius 1 is 1.75 bits per heavy atom. The number of primary amides is 1. The van der Waals surface area contributed by atoms with Crippen molar-refractivity contribution in [2.75, 3.05) is 0 Å². The maximum atomic E-state index is 9.48. The smallest absolute Gasteiger partial charge is 0.347 e. The molecule has 0 unspecified atom stereocenters. The first-order chi connectivity index (χ1) is 3.13. The van der Waals surface area contributed by atoms with E-state index < -0.39 is 11.1 Å². The molecule has 0 aliphatic rings. The number of nitrogens with two attached hydrogens (primary N) is 1. The number of hydrogen-bond acceptors (Lipinski definition) is 3. The molecule has 0 radical (unpaired) electrons. The Labute approximate surface area is 45.8 Å². The van der Waals surface area contributed by atoms with Gasteiger partial charge in [0.05, 0.1) is 0 Å². The standard InChI is InChI=1S/CH3N3O3.CH4/c2-1(5)3-4(6)7;/h(H3,2,3,5);1H4. The normalized spacial score (nSPS) is 6.50. The highest BCUT2D eigenvalue weighted by molar-refractivity contribution is 5.70. The van der Waals surface area contributed by atoms with Crippen molar-refractivity contribution in [3.05, 3.63) is 10.1 Å². The maximum absolute atomic E-state index is 9.48. The second-order valence-corrected chi connectivity index (χ2v) is 0.733. The molecule has 48 valence electrons. The Morgan fingerprint density at radius 2 is 2.12 bits per heavy atom. The van der Waals surface area contributed by atoms with E-state index >= 15 is 0 Å². The molecule has 0 aromatic heterocycles. The predicted octanol–water partition coefficient (Wildman–Crippen LogP) is -0.518. The van der Waals surface area contributed by atoms with Crippen LogP contribution >= 0.6 is 0 Å². The number of amides is 2. The van der Waals surface area contributed by atoms with Gasteiger partial charge in [0.25, 0.3) is 0 Å². The average Bonchev–Trinajstić information content (AvgIpc) is 1.27. The maximum Gasteiger partial charge on any atom is 0.370 e. The molecule has 0 bridgehead atoms. The first-order valence-electron chi connectivity index (χ1n) is 1.33. The Morgan fingerprint density at radius 3 is 2.12 bits per heavy atom. The van der Waals surface area contributed by atoms with Gasteiger partial charge in [-0.15, -0.1) is 0 Å². The molecule has 0 fully saturated rings. The molecule has 0 aliphatic carbocycles. The van der Waals surface area contributed by atoms with Gasteiger partial charge in [0.15, 0.2) is 5.03 Å². The fraction of sp³-hybridized carbons (Fsp3) is 0.500. The highest BCUT2D eigenvalue weighted by Crippen LogP contribution is 1.53. The van der Waals surface area contributed by atoms with Gasteiger partial charge in [-0.25, -0.2) is 14.9 Å². The van der Waals surface area contributed by atoms with Crippen molar-refractivity contribution in [3.63, 3.8) is 0 Å². The molecule has 0 spiro atoms. The van der Waals surface area contributed by atoms with Crippen LogP contribution in [0.2, 0.25) is 0 Å². The second kappa shape index (κ2) is 3.85. The third-order valence-corrected chi connectivity index (χ3v) is 0.201. The van der Waals surface area contributed by atoms with Crippen molar-refractivity contribution in [1.29, 1.82) is 0 Å². The van der Waals surface area contributed by atoms with Gasteiger partial charge < -0.3 is 5.73 Å². The van der Waals surface area contributed by atoms with Gasteiger partial charge in [0.1, 0.15) is 0 Å². The average molecular weight is 121 g/mol. The molecule has 8 heavy (non-hydrogen) atoms. The van der Waals surface area contributed by atoms with E-state index in [0.717, 1.165) is 0 Å². The molecule has 0 heterocycles. The summed E-state index contributed by atoms with van der Waals surface area (Å²) in [5.74, 6) is 0. The van der Waals surface area contributed by atoms with Crippen molar-refractivity contribution in [1.82, 2.24) is 5.43 Å². The lowest BCUT2D eigenvalue weighted by atomic mass is 11.2. The van der Waals surface area contributed by atoms with Gasteiger partial charge in [-0.1, -0.05) is 12.9 Å². The summed E-state index contributed by atoms with van der Waals surface area (Å²) in [6.07, 6.45) is 0. The SMILES string of the molecule is C.NC(=O)N[N+](=O)[O-]. The van der Waals surface area contributed by atoms with Crippen LogP contribution in [0.4, 0.5) is 4.79 Å². The molecule has 3 N–H and O–H groups in total. The summed E-state index contributed by atoms with van der Waals surface area (Å²) >= 11 is 0. The molecule has 0 aromatic rings. The Kier molecular flexibility index (Phi) is 4.73. The number of urea groups is 1. The zero-order chi connectivity index (χ0) is 5.86. The highest BCUT2D eigenvalue weighted by Gasteiger charge is 1.95. The van der Waals surface area contributed by atoms with Crippen LogP contribution < -0.4 is 11.2 Å². The van der Waals surface area contributed by atoms with E-state index in [0.29, 0.717) is 0 Å². The molecule has 0 saturated heterocycles. The van der Waals surface area contributed by atoms with Gasteiger partial charge in [-0.2, -0.15) is 0 Å². The van der Waals surface area contributed by atoms with Crippen LogP contribution in [0.15, 0.2) is 0 Å². The van der Waals surface area contributed by atoms with Gasteiger partial charge in [-0.3, -0.25) is 0 Å². The van der Waals surface area contributed by atoms with Gasteiger partial charge in [-0.05, 0) is 0 Å². The number of rotatable bonds is 1. The third kappa shape index (κ3) is 8.82. The quantitative estimate of drug-likeness (QED) is 0.360. The Bertz CT molecular complexity index is 88.7. The Balaban J connectivity index is 0. The number of nitrogens with zero attached hydrogens (tertiary/aromatic N) is 1. The minimum absolute atomic E-state index is 0. The number of hydrogen-bond donors (Lipinski definition) is 2. The van der Waals surface area contributed by atoms with E-state index in [-0.39, 0.29) is 7.43 Å². The molecule has 0 saturated carbocycles. The molecule has 0 atom stereocenters. The fourth-order valence-electron chi connectivity index (χ4n) is 0.0900. The van der Waals surface area contributed by atoms with Crippen LogP contribution in [0.3, 0.4) is 0 Å². The summed E-state index contributed by atoms with van der Waals surface area (Å²) in [5, 5.41) is 8.18. The van der Waals surface area contributed by atoms with Crippen molar-refractivity contribution in [2.45, 2.75) is 7.43 Å². The van der Waals surface area contributed by atoms with Crippen LogP contribution in [0.1, 0.15) is 7.43 Å². The van der Waals surface area contributed by atoms with Crippen molar-refractivity contribution < 1.29 is 9.83 Å². The summed E-state index contributed by atoms with van der Waals surface area (Å²) in [4.78, 5) is 18.7. The number of hydrazine groups is 1. The predicted molar refractivity (Wildman–Crippen MR) is 26.4 cm³/mol. The van der Waals surface area contributed by atoms with Gasteiger partial charge in [0.2, 0.25) is 0 Å². The highest BCUT2D eigenvalue weighted by atomic mass is 16.7. The third-order valence-electron chi connectivity index (χ3n) is 0.201. The molecule has 6 nitrogen and oxygen atoms in total. The number of carbonyl (C=O) groups is 1. The molecule has 6 heteroatoms. The van der Waals surface area contributed by atoms with E-state index in [1.165, 1.54) is 5.43 Å². The number of carbonyl (C=O) groups excluding carboxylic acids is 1. The minimum Gasteiger partial charge on any atom is -0.347 e. The zero-order valence-electron chi connectivity index (χ0n) is 3.25. The number of nitro groups is 1. The van der Waals surface area contributed by atoms with Crippen LogP contribution in [0.25, 0.3) is 0 Å². The van der Waals surface area contributed by atoms with Crippen LogP contribution in [-0.2, 0) is 0 Å². The van der Waals surface area contributed by atoms with E-state index in [4.69, 9.17) is 0 Å². The van der Waals surface area contributed by atoms with Crippen LogP contribution in [0, 0.1) is 10.1 Å². The first kappa shape index (κ1) is 9.83. The molecular formula is C2H7N3O3. The fourth-order valence-corrected chi connectivity index (χ4v) is 0.0900. The van der Waals surface area contributed by atoms with Crippen molar-refractivity contribution >= 4 is 6.03 Å². The molecule has 0 rings (SSSR count). The second-order valence-electron chi connectivity index (χ2n) is 0.733. The van der Waals surface area contributed by atoms with E-state index in [9.17, 15) is 14.9 Å². The van der Waals surface area contributed by atoms with E-state index in [1.54, 1.807) is 0 Å². The lowest BCUT2D eigenvalue weighted by molar-refractivity contribution is -0.527. The van der Waals surface area contributed by atoms with Crippen LogP contribution in [-0.4, -0.2) is 11.1 Å². The number of nitrogens with one attached hydrogen (secondary N) is 1. The summed E-state index contributed by atoms with van der Waals surface area (Å²) in [5.41, 5.74) is 5.47. The van der Waals surface area contributed by atoms with Crippen molar-refractivity contribution in [2.24, 2.45) is 5.73 Å². The van der Waals surface area contributed by atoms with Gasteiger partial charge >= 0.3 is 6.03 Å². The minimum atomic E-state index is -1.16. The monoisotopic (exact) mass is 121 g/mol. The summed E-state index contributed by atoms with van der Waals surface area (Å²) in [7, 11) is 0. The van der Waals surface area contributed by atoms with Gasteiger partial charge in [0, 0.05) is 0 Å². The van der Waals surface area contributed by atoms with Crippen molar-refractivity contribution in [3.8, 4) is 0 Å². The molecule has 0 aliphatic heterocycles. The first-order valence-corrected chi connectivity index (χ1v) is 1.33. The van der Waals surface area contributed by atoms with Crippen LogP contribution in [0.5, 0.6) is 0 Å². The lowest BCUT2D eigenvalue weighted by Crippen LogP contribution is -2.33. The zero-order valence-corrected chi connectivity index (χ0v) is 3.25. The molecule has 2 amide bonds. The van der Waals surface area contributed by atoms with E-state index in [2.05, 4.69) is 5.73 Å². The summed E-state index contributed by atoms with van der Waals surface area (Å²) < 4.78 is 0.